The number of hydrogen-bond acceptors (Lipinski definition) is 4. The lowest BCUT2D eigenvalue weighted by Gasteiger charge is -2.32. The largest absolute Gasteiger partial charge is 0.477 e. The highest BCUT2D eigenvalue weighted by molar-refractivity contribution is 6.34. The van der Waals surface area contributed by atoms with Crippen molar-refractivity contribution >= 4 is 40.2 Å². The molecule has 0 unspecified atom stereocenters. The fraction of sp³-hybridized carbons (Fsp3) is 0.357. The van der Waals surface area contributed by atoms with Crippen LogP contribution in [0.5, 0.6) is 0 Å². The molecule has 2 heterocycles. The molecule has 4 aromatic rings. The Morgan fingerprint density at radius 1 is 1.00 bits per heavy atom. The molecule has 1 amide bonds. The Morgan fingerprint density at radius 2 is 1.65 bits per heavy atom. The number of benzene rings is 2. The van der Waals surface area contributed by atoms with Crippen molar-refractivity contribution in [1.29, 1.82) is 0 Å². The summed E-state index contributed by atoms with van der Waals surface area (Å²) in [5.41, 5.74) is 2.22. The number of aromatic carboxylic acids is 1. The molecule has 0 atom stereocenters. The van der Waals surface area contributed by atoms with Crippen LogP contribution in [0.15, 0.2) is 54.7 Å². The van der Waals surface area contributed by atoms with Crippen molar-refractivity contribution in [2.45, 2.75) is 52.5 Å². The van der Waals surface area contributed by atoms with Crippen LogP contribution < -0.4 is 4.90 Å². The van der Waals surface area contributed by atoms with Crippen molar-refractivity contribution in [3.63, 3.8) is 0 Å². The summed E-state index contributed by atoms with van der Waals surface area (Å²) in [6.45, 7) is 5.99. The minimum atomic E-state index is -1.12. The Labute approximate surface area is 220 Å². The summed E-state index contributed by atoms with van der Waals surface area (Å²) in [6.07, 6.45) is 5.11. The van der Waals surface area contributed by atoms with E-state index in [9.17, 15) is 14.7 Å². The lowest BCUT2D eigenvalue weighted by Crippen LogP contribution is -2.43. The quantitative estimate of drug-likeness (QED) is 0.330. The van der Waals surface area contributed by atoms with E-state index < -0.39 is 5.97 Å². The van der Waals surface area contributed by atoms with Gasteiger partial charge in [-0.15, -0.1) is 5.10 Å². The molecule has 1 aliphatic rings. The van der Waals surface area contributed by atoms with Crippen molar-refractivity contribution in [2.24, 2.45) is 11.8 Å². The van der Waals surface area contributed by atoms with Gasteiger partial charge in [-0.2, -0.15) is 5.10 Å². The van der Waals surface area contributed by atoms with Gasteiger partial charge in [0.15, 0.2) is 5.82 Å². The number of carboxylic acid groups (broad SMARTS) is 1. The monoisotopic (exact) mass is 519 g/mol. The van der Waals surface area contributed by atoms with Crippen molar-refractivity contribution in [1.82, 2.24) is 19.6 Å². The van der Waals surface area contributed by atoms with Gasteiger partial charge in [0.2, 0.25) is 5.91 Å². The van der Waals surface area contributed by atoms with E-state index in [2.05, 4.69) is 17.1 Å². The number of carbonyl (C=O) groups is 2. The molecule has 0 aliphatic heterocycles. The summed E-state index contributed by atoms with van der Waals surface area (Å²) in [7, 11) is 0. The third-order valence-corrected chi connectivity index (χ3v) is 7.51. The van der Waals surface area contributed by atoms with Crippen molar-refractivity contribution in [3.05, 3.63) is 65.4 Å². The van der Waals surface area contributed by atoms with E-state index in [0.717, 1.165) is 42.3 Å². The first-order valence-electron chi connectivity index (χ1n) is 12.6. The third-order valence-electron chi connectivity index (χ3n) is 7.15. The summed E-state index contributed by atoms with van der Waals surface area (Å²) < 4.78 is 3.17. The molecule has 1 N–H and O–H groups in total. The zero-order valence-corrected chi connectivity index (χ0v) is 21.9. The number of carbonyl (C=O) groups excluding carboxylic acids is 1. The Balaban J connectivity index is 1.48. The van der Waals surface area contributed by atoms with Crippen LogP contribution in [-0.4, -0.2) is 42.6 Å². The van der Waals surface area contributed by atoms with E-state index in [1.807, 2.05) is 62.4 Å². The van der Waals surface area contributed by atoms with Crippen LogP contribution >= 0.6 is 11.6 Å². The number of hydrogen-bond donors (Lipinski definition) is 1. The highest BCUT2D eigenvalue weighted by atomic mass is 35.5. The van der Waals surface area contributed by atoms with E-state index in [1.165, 1.54) is 10.9 Å². The van der Waals surface area contributed by atoms with Gasteiger partial charge in [0.25, 0.3) is 0 Å². The summed E-state index contributed by atoms with van der Waals surface area (Å²) in [6, 6.07) is 14.8. The fourth-order valence-corrected chi connectivity index (χ4v) is 5.35. The summed E-state index contributed by atoms with van der Waals surface area (Å²) in [4.78, 5) is 27.3. The molecule has 2 aromatic heterocycles. The number of aromatic nitrogens is 4. The van der Waals surface area contributed by atoms with Crippen LogP contribution in [-0.2, 0) is 4.79 Å². The predicted molar refractivity (Wildman–Crippen MR) is 144 cm³/mol. The van der Waals surface area contributed by atoms with Crippen LogP contribution in [0.25, 0.3) is 22.3 Å². The molecule has 37 heavy (non-hydrogen) atoms. The van der Waals surface area contributed by atoms with Gasteiger partial charge in [-0.3, -0.25) is 9.69 Å². The third kappa shape index (κ3) is 4.73. The number of amides is 1. The standard InChI is InChI=1S/C28H30ClN5O3/c1-17(2)33(27(35)19-10-8-18(3)9-11-19)26-23(28(36)37)16-32(31-26)20-12-14-21(15-13-20)34-25(29)22-6-4-5-7-24(22)30-34/h4-7,12-19H,8-11H2,1-3H3,(H,36,37). The molecule has 8 nitrogen and oxygen atoms in total. The van der Waals surface area contributed by atoms with Crippen LogP contribution in [0, 0.1) is 11.8 Å². The van der Waals surface area contributed by atoms with Gasteiger partial charge in [0.05, 0.1) is 16.9 Å². The zero-order valence-electron chi connectivity index (χ0n) is 21.1. The highest BCUT2D eigenvalue weighted by Gasteiger charge is 2.34. The Kier molecular flexibility index (Phi) is 6.77. The molecule has 1 aliphatic carbocycles. The maximum Gasteiger partial charge on any atom is 0.341 e. The highest BCUT2D eigenvalue weighted by Crippen LogP contribution is 2.33. The zero-order chi connectivity index (χ0) is 26.3. The first kappa shape index (κ1) is 25.0. The van der Waals surface area contributed by atoms with Gasteiger partial charge < -0.3 is 5.11 Å². The van der Waals surface area contributed by atoms with E-state index in [-0.39, 0.29) is 29.2 Å². The predicted octanol–water partition coefficient (Wildman–Crippen LogP) is 6.13. The maximum absolute atomic E-state index is 13.5. The minimum Gasteiger partial charge on any atom is -0.477 e. The van der Waals surface area contributed by atoms with E-state index in [0.29, 0.717) is 16.8 Å². The van der Waals surface area contributed by atoms with Gasteiger partial charge in [-0.1, -0.05) is 30.7 Å². The first-order valence-corrected chi connectivity index (χ1v) is 13.0. The van der Waals surface area contributed by atoms with Crippen LogP contribution in [0.2, 0.25) is 5.15 Å². The first-order chi connectivity index (χ1) is 17.7. The average Bonchev–Trinajstić information content (AvgIpc) is 3.47. The van der Waals surface area contributed by atoms with Crippen LogP contribution in [0.1, 0.15) is 56.8 Å². The van der Waals surface area contributed by atoms with Crippen molar-refractivity contribution in [2.75, 3.05) is 4.90 Å². The molecular formula is C28H30ClN5O3. The molecule has 0 spiro atoms. The van der Waals surface area contributed by atoms with E-state index >= 15 is 0 Å². The van der Waals surface area contributed by atoms with Crippen molar-refractivity contribution in [3.8, 4) is 11.4 Å². The molecule has 0 saturated heterocycles. The number of carboxylic acids is 1. The second-order valence-electron chi connectivity index (χ2n) is 10.1. The summed E-state index contributed by atoms with van der Waals surface area (Å²) in [5, 5.41) is 20.5. The SMILES string of the molecule is CC1CCC(C(=O)N(c2nn(-c3ccc(-n4nc5ccccc5c4Cl)cc3)cc2C(=O)O)C(C)C)CC1. The molecule has 1 fully saturated rings. The van der Waals surface area contributed by atoms with E-state index in [1.54, 1.807) is 9.58 Å². The molecule has 0 radical (unpaired) electrons. The van der Waals surface area contributed by atoms with Gasteiger partial charge in [-0.25, -0.2) is 14.2 Å². The molecule has 5 rings (SSSR count). The van der Waals surface area contributed by atoms with E-state index in [4.69, 9.17) is 11.6 Å². The number of halogens is 1. The number of fused-ring (bicyclic) bond motifs is 1. The van der Waals surface area contributed by atoms with Gasteiger partial charge in [0.1, 0.15) is 10.7 Å². The van der Waals surface area contributed by atoms with Gasteiger partial charge >= 0.3 is 5.97 Å². The second kappa shape index (κ2) is 10.0. The normalized spacial score (nSPS) is 17.9. The number of anilines is 1. The number of rotatable bonds is 6. The average molecular weight is 520 g/mol. The van der Waals surface area contributed by atoms with Crippen molar-refractivity contribution < 1.29 is 14.7 Å². The second-order valence-corrected chi connectivity index (χ2v) is 10.5. The Bertz CT molecular complexity index is 1450. The molecule has 2 aromatic carbocycles. The lowest BCUT2D eigenvalue weighted by atomic mass is 9.82. The lowest BCUT2D eigenvalue weighted by molar-refractivity contribution is -0.124. The molecule has 9 heteroatoms. The Morgan fingerprint density at radius 3 is 2.27 bits per heavy atom. The number of nitrogens with zero attached hydrogens (tertiary/aromatic N) is 5. The minimum absolute atomic E-state index is 0.00308. The van der Waals surface area contributed by atoms with Crippen LogP contribution in [0.3, 0.4) is 0 Å². The maximum atomic E-state index is 13.5. The van der Waals surface area contributed by atoms with Gasteiger partial charge in [-0.05, 0) is 81.8 Å². The summed E-state index contributed by atoms with van der Waals surface area (Å²) >= 11 is 6.55. The smallest absolute Gasteiger partial charge is 0.341 e. The molecule has 0 bridgehead atoms. The topological polar surface area (TPSA) is 93.3 Å². The summed E-state index contributed by atoms with van der Waals surface area (Å²) in [5.74, 6) is -0.493. The molecule has 1 saturated carbocycles. The van der Waals surface area contributed by atoms with Gasteiger partial charge in [0, 0.05) is 23.5 Å². The molecular weight excluding hydrogens is 490 g/mol. The Hall–Kier alpha value is -3.65. The molecule has 192 valence electrons. The van der Waals surface area contributed by atoms with Crippen LogP contribution in [0.4, 0.5) is 5.82 Å². The fourth-order valence-electron chi connectivity index (χ4n) is 5.05.